The molecule has 0 aliphatic rings. The van der Waals surface area contributed by atoms with Crippen molar-refractivity contribution in [3.63, 3.8) is 0 Å². The fourth-order valence-electron chi connectivity index (χ4n) is 2.01. The molecule has 21 heavy (non-hydrogen) atoms. The van der Waals surface area contributed by atoms with E-state index in [0.717, 1.165) is 12.1 Å². The van der Waals surface area contributed by atoms with E-state index in [0.29, 0.717) is 5.69 Å². The summed E-state index contributed by atoms with van der Waals surface area (Å²) in [4.78, 5) is 0. The molecule has 0 spiro atoms. The third-order valence-corrected chi connectivity index (χ3v) is 3.05. The van der Waals surface area contributed by atoms with Crippen molar-refractivity contribution in [3.05, 3.63) is 41.2 Å². The lowest BCUT2D eigenvalue weighted by Gasteiger charge is -2.19. The van der Waals surface area contributed by atoms with Gasteiger partial charge in [-0.3, -0.25) is 16.0 Å². The number of rotatable bonds is 4. The van der Waals surface area contributed by atoms with Gasteiger partial charge < -0.3 is 5.73 Å². The van der Waals surface area contributed by atoms with E-state index in [1.54, 1.807) is 13.2 Å². The fourth-order valence-corrected chi connectivity index (χ4v) is 2.01. The van der Waals surface area contributed by atoms with Crippen LogP contribution in [0.15, 0.2) is 24.4 Å². The number of halogens is 3. The van der Waals surface area contributed by atoms with Crippen molar-refractivity contribution in [1.82, 2.24) is 20.4 Å². The van der Waals surface area contributed by atoms with Crippen LogP contribution in [0.2, 0.25) is 0 Å². The summed E-state index contributed by atoms with van der Waals surface area (Å²) < 4.78 is 39.8. The van der Waals surface area contributed by atoms with Gasteiger partial charge in [0, 0.05) is 25.4 Å². The quantitative estimate of drug-likeness (QED) is 0.447. The van der Waals surface area contributed by atoms with Crippen LogP contribution in [0.3, 0.4) is 0 Å². The summed E-state index contributed by atoms with van der Waals surface area (Å²) in [5.74, 6) is 5.45. The van der Waals surface area contributed by atoms with E-state index in [9.17, 15) is 13.2 Å². The van der Waals surface area contributed by atoms with Gasteiger partial charge in [0.15, 0.2) is 0 Å². The first-order valence-corrected chi connectivity index (χ1v) is 6.09. The number of hydrogen-bond donors (Lipinski definition) is 3. The Bertz CT molecular complexity index is 622. The minimum atomic E-state index is -4.44. The van der Waals surface area contributed by atoms with Crippen molar-refractivity contribution in [2.45, 2.75) is 18.6 Å². The molecule has 2 aromatic rings. The number of anilines is 1. The highest BCUT2D eigenvalue weighted by molar-refractivity contribution is 5.51. The smallest absolute Gasteiger partial charge is 0.398 e. The Kier molecular flexibility index (Phi) is 4.14. The number of alkyl halides is 3. The van der Waals surface area contributed by atoms with E-state index >= 15 is 0 Å². The standard InChI is InChI=1S/C12H15F3N6/c1-21-6-8(19-20-21)5-11(18-17)9-4-7(12(13,14)15)2-3-10(9)16/h2-4,6,11,18H,5,16-17H2,1H3. The largest absolute Gasteiger partial charge is 0.416 e. The van der Waals surface area contributed by atoms with Crippen molar-refractivity contribution in [2.24, 2.45) is 12.9 Å². The first kappa shape index (κ1) is 15.3. The van der Waals surface area contributed by atoms with E-state index in [-0.39, 0.29) is 17.7 Å². The van der Waals surface area contributed by atoms with Gasteiger partial charge in [-0.05, 0) is 23.8 Å². The molecule has 0 aliphatic heterocycles. The zero-order chi connectivity index (χ0) is 15.6. The zero-order valence-electron chi connectivity index (χ0n) is 11.2. The maximum Gasteiger partial charge on any atom is 0.416 e. The van der Waals surface area contributed by atoms with Crippen LogP contribution in [0.5, 0.6) is 0 Å². The molecule has 0 aliphatic carbocycles. The Labute approximate surface area is 118 Å². The van der Waals surface area contributed by atoms with Gasteiger partial charge in [-0.15, -0.1) is 5.10 Å². The van der Waals surface area contributed by atoms with Crippen LogP contribution in [0, 0.1) is 0 Å². The highest BCUT2D eigenvalue weighted by atomic mass is 19.4. The van der Waals surface area contributed by atoms with E-state index in [1.807, 2.05) is 0 Å². The van der Waals surface area contributed by atoms with Gasteiger partial charge >= 0.3 is 6.18 Å². The van der Waals surface area contributed by atoms with E-state index in [4.69, 9.17) is 11.6 Å². The lowest BCUT2D eigenvalue weighted by Crippen LogP contribution is -2.30. The van der Waals surface area contributed by atoms with E-state index < -0.39 is 17.8 Å². The lowest BCUT2D eigenvalue weighted by atomic mass is 9.98. The molecule has 1 heterocycles. The second-order valence-electron chi connectivity index (χ2n) is 4.65. The number of hydrogen-bond acceptors (Lipinski definition) is 5. The van der Waals surface area contributed by atoms with Gasteiger partial charge in [0.25, 0.3) is 0 Å². The molecule has 0 bridgehead atoms. The molecule has 0 saturated carbocycles. The Morgan fingerprint density at radius 1 is 1.38 bits per heavy atom. The Balaban J connectivity index is 2.33. The molecule has 1 atom stereocenters. The molecule has 9 heteroatoms. The molecular formula is C12H15F3N6. The first-order chi connectivity index (χ1) is 9.81. The average molecular weight is 300 g/mol. The van der Waals surface area contributed by atoms with Crippen molar-refractivity contribution in [3.8, 4) is 0 Å². The number of nitrogen functional groups attached to an aromatic ring is 1. The van der Waals surface area contributed by atoms with Crippen LogP contribution < -0.4 is 17.0 Å². The van der Waals surface area contributed by atoms with Gasteiger partial charge in [-0.1, -0.05) is 5.21 Å². The SMILES string of the molecule is Cn1cc(CC(NN)c2cc(C(F)(F)F)ccc2N)nn1. The van der Waals surface area contributed by atoms with Crippen molar-refractivity contribution in [2.75, 3.05) is 5.73 Å². The number of hydrazine groups is 1. The normalized spacial score (nSPS) is 13.4. The van der Waals surface area contributed by atoms with Gasteiger partial charge in [-0.2, -0.15) is 13.2 Å². The predicted molar refractivity (Wildman–Crippen MR) is 70.6 cm³/mol. The highest BCUT2D eigenvalue weighted by Crippen LogP contribution is 2.33. The summed E-state index contributed by atoms with van der Waals surface area (Å²) in [6.45, 7) is 0. The summed E-state index contributed by atoms with van der Waals surface area (Å²) in [6.07, 6.45) is -2.50. The van der Waals surface area contributed by atoms with Gasteiger partial charge in [0.05, 0.1) is 17.3 Å². The number of aryl methyl sites for hydroxylation is 1. The van der Waals surface area contributed by atoms with Crippen LogP contribution in [-0.2, 0) is 19.6 Å². The monoisotopic (exact) mass is 300 g/mol. The maximum atomic E-state index is 12.8. The van der Waals surface area contributed by atoms with Gasteiger partial charge in [-0.25, -0.2) is 0 Å². The van der Waals surface area contributed by atoms with Crippen molar-refractivity contribution >= 4 is 5.69 Å². The number of aromatic nitrogens is 3. The molecular weight excluding hydrogens is 285 g/mol. The van der Waals surface area contributed by atoms with E-state index in [2.05, 4.69) is 15.7 Å². The minimum Gasteiger partial charge on any atom is -0.398 e. The number of benzene rings is 1. The third kappa shape index (κ3) is 3.50. The Morgan fingerprint density at radius 2 is 2.10 bits per heavy atom. The van der Waals surface area contributed by atoms with Crippen LogP contribution in [0.25, 0.3) is 0 Å². The van der Waals surface area contributed by atoms with Crippen LogP contribution >= 0.6 is 0 Å². The molecule has 2 rings (SSSR count). The zero-order valence-corrected chi connectivity index (χ0v) is 11.2. The molecule has 0 radical (unpaired) electrons. The van der Waals surface area contributed by atoms with Gasteiger partial charge in [0.1, 0.15) is 0 Å². The average Bonchev–Trinajstić information content (AvgIpc) is 2.81. The summed E-state index contributed by atoms with van der Waals surface area (Å²) in [5.41, 5.74) is 8.56. The first-order valence-electron chi connectivity index (χ1n) is 6.09. The Morgan fingerprint density at radius 3 is 2.62 bits per heavy atom. The van der Waals surface area contributed by atoms with Crippen molar-refractivity contribution in [1.29, 1.82) is 0 Å². The molecule has 1 aromatic heterocycles. The summed E-state index contributed by atoms with van der Waals surface area (Å²) in [7, 11) is 1.69. The van der Waals surface area contributed by atoms with Crippen LogP contribution in [0.4, 0.5) is 18.9 Å². The molecule has 1 aromatic carbocycles. The third-order valence-electron chi connectivity index (χ3n) is 3.05. The highest BCUT2D eigenvalue weighted by Gasteiger charge is 2.31. The Hall–Kier alpha value is -2.13. The fraction of sp³-hybridized carbons (Fsp3) is 0.333. The molecule has 6 nitrogen and oxygen atoms in total. The molecule has 0 amide bonds. The van der Waals surface area contributed by atoms with Crippen LogP contribution in [-0.4, -0.2) is 15.0 Å². The second-order valence-corrected chi connectivity index (χ2v) is 4.65. The maximum absolute atomic E-state index is 12.8. The van der Waals surface area contributed by atoms with E-state index in [1.165, 1.54) is 10.7 Å². The minimum absolute atomic E-state index is 0.231. The molecule has 5 N–H and O–H groups in total. The number of nitrogens with zero attached hydrogens (tertiary/aromatic N) is 3. The number of nitrogens with two attached hydrogens (primary N) is 2. The summed E-state index contributed by atoms with van der Waals surface area (Å²) in [5, 5.41) is 7.65. The molecule has 1 unspecified atom stereocenters. The number of nitrogens with one attached hydrogen (secondary N) is 1. The van der Waals surface area contributed by atoms with Gasteiger partial charge in [0.2, 0.25) is 0 Å². The molecule has 0 fully saturated rings. The van der Waals surface area contributed by atoms with Crippen LogP contribution in [0.1, 0.15) is 22.9 Å². The summed E-state index contributed by atoms with van der Waals surface area (Å²) in [6, 6.07) is 2.56. The predicted octanol–water partition coefficient (Wildman–Crippen LogP) is 1.16. The lowest BCUT2D eigenvalue weighted by molar-refractivity contribution is -0.137. The topological polar surface area (TPSA) is 94.8 Å². The molecule has 0 saturated heterocycles. The van der Waals surface area contributed by atoms with Crippen molar-refractivity contribution < 1.29 is 13.2 Å². The molecule has 114 valence electrons. The summed E-state index contributed by atoms with van der Waals surface area (Å²) >= 11 is 0. The second kappa shape index (κ2) is 5.70.